The summed E-state index contributed by atoms with van der Waals surface area (Å²) in [5.74, 6) is -0.314. The van der Waals surface area contributed by atoms with E-state index in [1.807, 2.05) is 25.8 Å². The Morgan fingerprint density at radius 1 is 1.42 bits per heavy atom. The zero-order valence-corrected chi connectivity index (χ0v) is 12.0. The van der Waals surface area contributed by atoms with E-state index in [9.17, 15) is 9.18 Å². The molecular formula is C14H22FN3O. The van der Waals surface area contributed by atoms with Gasteiger partial charge in [-0.3, -0.25) is 4.79 Å². The molecule has 0 atom stereocenters. The summed E-state index contributed by atoms with van der Waals surface area (Å²) in [6.07, 6.45) is 0. The highest BCUT2D eigenvalue weighted by atomic mass is 19.1. The van der Waals surface area contributed by atoms with E-state index < -0.39 is 0 Å². The van der Waals surface area contributed by atoms with Crippen LogP contribution >= 0.6 is 0 Å². The number of carbonyl (C=O) groups excluding carboxylic acids is 1. The lowest BCUT2D eigenvalue weighted by atomic mass is 10.1. The monoisotopic (exact) mass is 267 g/mol. The van der Waals surface area contributed by atoms with Crippen molar-refractivity contribution in [3.05, 3.63) is 29.6 Å². The molecule has 0 spiro atoms. The van der Waals surface area contributed by atoms with Crippen LogP contribution in [0.25, 0.3) is 0 Å². The molecule has 4 nitrogen and oxygen atoms in total. The minimum Gasteiger partial charge on any atom is -0.365 e. The number of nitrogens with one attached hydrogen (secondary N) is 2. The Hall–Kier alpha value is -1.62. The molecule has 0 aliphatic carbocycles. The summed E-state index contributed by atoms with van der Waals surface area (Å²) in [4.78, 5) is 13.6. The maximum absolute atomic E-state index is 13.2. The van der Waals surface area contributed by atoms with Crippen LogP contribution in [0.1, 0.15) is 19.4 Å². The predicted octanol–water partition coefficient (Wildman–Crippen LogP) is 1.51. The largest absolute Gasteiger partial charge is 0.365 e. The second-order valence-electron chi connectivity index (χ2n) is 4.88. The van der Waals surface area contributed by atoms with Crippen LogP contribution in [0.5, 0.6) is 0 Å². The summed E-state index contributed by atoms with van der Waals surface area (Å²) in [7, 11) is 3.63. The predicted molar refractivity (Wildman–Crippen MR) is 75.7 cm³/mol. The second-order valence-corrected chi connectivity index (χ2v) is 4.88. The molecule has 0 saturated carbocycles. The Balaban J connectivity index is 2.80. The molecule has 0 radical (unpaired) electrons. The summed E-state index contributed by atoms with van der Waals surface area (Å²) in [5, 5.41) is 5.83. The molecular weight excluding hydrogens is 245 g/mol. The molecule has 0 unspecified atom stereocenters. The summed E-state index contributed by atoms with van der Waals surface area (Å²) in [6, 6.07) is 4.71. The molecule has 19 heavy (non-hydrogen) atoms. The van der Waals surface area contributed by atoms with Crippen LogP contribution in [-0.2, 0) is 11.3 Å². The molecule has 1 amide bonds. The number of hydrogen-bond acceptors (Lipinski definition) is 3. The van der Waals surface area contributed by atoms with Crippen molar-refractivity contribution in [3.63, 3.8) is 0 Å². The molecule has 1 aromatic carbocycles. The molecule has 1 aromatic rings. The topological polar surface area (TPSA) is 44.4 Å². The Morgan fingerprint density at radius 3 is 2.68 bits per heavy atom. The van der Waals surface area contributed by atoms with Crippen LogP contribution in [0, 0.1) is 5.82 Å². The summed E-state index contributed by atoms with van der Waals surface area (Å²) >= 11 is 0. The van der Waals surface area contributed by atoms with Crippen LogP contribution in [-0.4, -0.2) is 32.6 Å². The zero-order chi connectivity index (χ0) is 14.4. The van der Waals surface area contributed by atoms with E-state index in [2.05, 4.69) is 10.6 Å². The van der Waals surface area contributed by atoms with Crippen molar-refractivity contribution < 1.29 is 9.18 Å². The SMILES string of the molecule is CNCc1cc(F)ccc1N(C)CC(=O)NC(C)C. The Morgan fingerprint density at radius 2 is 2.11 bits per heavy atom. The highest BCUT2D eigenvalue weighted by molar-refractivity contribution is 5.81. The van der Waals surface area contributed by atoms with Crippen LogP contribution in [0.4, 0.5) is 10.1 Å². The van der Waals surface area contributed by atoms with E-state index in [-0.39, 0.29) is 24.3 Å². The summed E-state index contributed by atoms with van der Waals surface area (Å²) in [5.41, 5.74) is 1.69. The number of amides is 1. The van der Waals surface area contributed by atoms with Gasteiger partial charge in [-0.1, -0.05) is 0 Å². The van der Waals surface area contributed by atoms with E-state index in [1.54, 1.807) is 13.1 Å². The van der Waals surface area contributed by atoms with Gasteiger partial charge in [0.15, 0.2) is 0 Å². The first-order valence-electron chi connectivity index (χ1n) is 6.37. The summed E-state index contributed by atoms with van der Waals surface area (Å²) < 4.78 is 13.2. The highest BCUT2D eigenvalue weighted by Gasteiger charge is 2.12. The molecule has 5 heteroatoms. The number of rotatable bonds is 6. The standard InChI is InChI=1S/C14H22FN3O/c1-10(2)17-14(19)9-18(4)13-6-5-12(15)7-11(13)8-16-3/h5-7,10,16H,8-9H2,1-4H3,(H,17,19). The van der Waals surface area contributed by atoms with Gasteiger partial charge in [-0.05, 0) is 44.7 Å². The van der Waals surface area contributed by atoms with Crippen LogP contribution in [0.2, 0.25) is 0 Å². The Labute approximate surface area is 114 Å². The van der Waals surface area contributed by atoms with Gasteiger partial charge in [-0.25, -0.2) is 4.39 Å². The zero-order valence-electron chi connectivity index (χ0n) is 12.0. The number of anilines is 1. The fourth-order valence-corrected chi connectivity index (χ4v) is 1.93. The molecule has 2 N–H and O–H groups in total. The third-order valence-corrected chi connectivity index (χ3v) is 2.65. The van der Waals surface area contributed by atoms with Gasteiger partial charge in [0.2, 0.25) is 5.91 Å². The minimum absolute atomic E-state index is 0.0442. The molecule has 0 aromatic heterocycles. The number of nitrogens with zero attached hydrogens (tertiary/aromatic N) is 1. The van der Waals surface area contributed by atoms with Crippen molar-refractivity contribution in [3.8, 4) is 0 Å². The van der Waals surface area contributed by atoms with Crippen molar-refractivity contribution in [2.75, 3.05) is 25.5 Å². The molecule has 0 bridgehead atoms. The van der Waals surface area contributed by atoms with E-state index in [0.717, 1.165) is 11.3 Å². The molecule has 106 valence electrons. The minimum atomic E-state index is -0.269. The Bertz CT molecular complexity index is 435. The number of halogens is 1. The number of likely N-dealkylation sites (N-methyl/N-ethyl adjacent to an activating group) is 1. The van der Waals surface area contributed by atoms with Gasteiger partial charge in [0.1, 0.15) is 5.82 Å². The maximum Gasteiger partial charge on any atom is 0.239 e. The highest BCUT2D eigenvalue weighted by Crippen LogP contribution is 2.20. The number of benzene rings is 1. The average Bonchev–Trinajstić information content (AvgIpc) is 2.27. The van der Waals surface area contributed by atoms with Crippen molar-refractivity contribution in [1.82, 2.24) is 10.6 Å². The van der Waals surface area contributed by atoms with Crippen molar-refractivity contribution in [2.45, 2.75) is 26.4 Å². The van der Waals surface area contributed by atoms with Crippen molar-refractivity contribution >= 4 is 11.6 Å². The summed E-state index contributed by atoms with van der Waals surface area (Å²) in [6.45, 7) is 4.65. The van der Waals surface area contributed by atoms with E-state index in [4.69, 9.17) is 0 Å². The fourth-order valence-electron chi connectivity index (χ4n) is 1.93. The van der Waals surface area contributed by atoms with Crippen molar-refractivity contribution in [2.24, 2.45) is 0 Å². The van der Waals surface area contributed by atoms with Gasteiger partial charge >= 0.3 is 0 Å². The third-order valence-electron chi connectivity index (χ3n) is 2.65. The maximum atomic E-state index is 13.2. The average molecular weight is 267 g/mol. The third kappa shape index (κ3) is 4.87. The molecule has 0 heterocycles. The normalized spacial score (nSPS) is 10.6. The van der Waals surface area contributed by atoms with Crippen LogP contribution in [0.3, 0.4) is 0 Å². The van der Waals surface area contributed by atoms with Gasteiger partial charge in [0.05, 0.1) is 6.54 Å². The first-order valence-corrected chi connectivity index (χ1v) is 6.37. The smallest absolute Gasteiger partial charge is 0.239 e. The quantitative estimate of drug-likeness (QED) is 0.821. The van der Waals surface area contributed by atoms with E-state index in [0.29, 0.717) is 6.54 Å². The number of hydrogen-bond donors (Lipinski definition) is 2. The van der Waals surface area contributed by atoms with Crippen molar-refractivity contribution in [1.29, 1.82) is 0 Å². The van der Waals surface area contributed by atoms with E-state index >= 15 is 0 Å². The molecule has 1 rings (SSSR count). The molecule has 0 aliphatic rings. The lowest BCUT2D eigenvalue weighted by Crippen LogP contribution is -2.39. The fraction of sp³-hybridized carbons (Fsp3) is 0.500. The van der Waals surface area contributed by atoms with Gasteiger partial charge in [-0.2, -0.15) is 0 Å². The van der Waals surface area contributed by atoms with Crippen LogP contribution in [0.15, 0.2) is 18.2 Å². The lowest BCUT2D eigenvalue weighted by molar-refractivity contribution is -0.120. The second kappa shape index (κ2) is 7.09. The van der Waals surface area contributed by atoms with Crippen LogP contribution < -0.4 is 15.5 Å². The number of carbonyl (C=O) groups is 1. The molecule has 0 saturated heterocycles. The molecule has 0 aliphatic heterocycles. The first-order chi connectivity index (χ1) is 8.93. The van der Waals surface area contributed by atoms with Gasteiger partial charge < -0.3 is 15.5 Å². The first kappa shape index (κ1) is 15.4. The Kier molecular flexibility index (Phi) is 5.76. The lowest BCUT2D eigenvalue weighted by Gasteiger charge is -2.22. The molecule has 0 fully saturated rings. The van der Waals surface area contributed by atoms with Gasteiger partial charge in [-0.15, -0.1) is 0 Å². The van der Waals surface area contributed by atoms with Gasteiger partial charge in [0.25, 0.3) is 0 Å². The van der Waals surface area contributed by atoms with E-state index in [1.165, 1.54) is 12.1 Å². The van der Waals surface area contributed by atoms with Gasteiger partial charge in [0, 0.05) is 25.3 Å².